The second-order valence-electron chi connectivity index (χ2n) is 8.50. The van der Waals surface area contributed by atoms with Crippen molar-refractivity contribution in [1.29, 1.82) is 0 Å². The number of morpholine rings is 1. The molecule has 0 radical (unpaired) electrons. The first-order valence-corrected chi connectivity index (χ1v) is 9.63. The van der Waals surface area contributed by atoms with Crippen molar-refractivity contribution < 1.29 is 9.53 Å². The molecule has 4 nitrogen and oxygen atoms in total. The summed E-state index contributed by atoms with van der Waals surface area (Å²) in [6.07, 6.45) is 2.34. The Kier molecular flexibility index (Phi) is 5.80. The molecule has 1 unspecified atom stereocenters. The van der Waals surface area contributed by atoms with Crippen LogP contribution in [-0.4, -0.2) is 61.6 Å². The molecule has 1 amide bonds. The lowest BCUT2D eigenvalue weighted by Crippen LogP contribution is -2.46. The molecule has 1 atom stereocenters. The highest BCUT2D eigenvalue weighted by molar-refractivity contribution is 5.94. The predicted octanol–water partition coefficient (Wildman–Crippen LogP) is 3.17. The number of hydrogen-bond donors (Lipinski definition) is 0. The van der Waals surface area contributed by atoms with E-state index < -0.39 is 0 Å². The van der Waals surface area contributed by atoms with Crippen LogP contribution in [0.15, 0.2) is 24.3 Å². The van der Waals surface area contributed by atoms with Crippen molar-refractivity contribution >= 4 is 5.91 Å². The van der Waals surface area contributed by atoms with Crippen LogP contribution in [0.4, 0.5) is 0 Å². The Labute approximate surface area is 152 Å². The van der Waals surface area contributed by atoms with E-state index >= 15 is 0 Å². The van der Waals surface area contributed by atoms with E-state index in [1.165, 1.54) is 12.0 Å². The lowest BCUT2D eigenvalue weighted by Gasteiger charge is -2.37. The summed E-state index contributed by atoms with van der Waals surface area (Å²) in [5, 5.41) is 0. The van der Waals surface area contributed by atoms with Gasteiger partial charge in [0.05, 0.1) is 13.2 Å². The minimum Gasteiger partial charge on any atom is -0.379 e. The molecule has 2 aliphatic rings. The van der Waals surface area contributed by atoms with E-state index in [2.05, 4.69) is 42.7 Å². The first-order chi connectivity index (χ1) is 11.9. The third-order valence-electron chi connectivity index (χ3n) is 5.42. The molecule has 0 saturated carbocycles. The smallest absolute Gasteiger partial charge is 0.253 e. The number of ether oxygens (including phenoxy) is 1. The summed E-state index contributed by atoms with van der Waals surface area (Å²) in [6.45, 7) is 13.2. The Morgan fingerprint density at radius 2 is 1.80 bits per heavy atom. The molecule has 0 aromatic heterocycles. The minimum absolute atomic E-state index is 0.121. The third kappa shape index (κ3) is 4.83. The molecular formula is C21H32N2O2. The molecule has 0 spiro atoms. The monoisotopic (exact) mass is 344 g/mol. The van der Waals surface area contributed by atoms with E-state index in [-0.39, 0.29) is 11.3 Å². The molecule has 3 rings (SSSR count). The van der Waals surface area contributed by atoms with Gasteiger partial charge in [-0.1, -0.05) is 32.9 Å². The highest BCUT2D eigenvalue weighted by Gasteiger charge is 2.26. The average Bonchev–Trinajstić information content (AvgIpc) is 2.61. The number of hydrogen-bond acceptors (Lipinski definition) is 3. The van der Waals surface area contributed by atoms with Crippen LogP contribution in [0, 0.1) is 5.92 Å². The Hall–Kier alpha value is -1.39. The van der Waals surface area contributed by atoms with Crippen LogP contribution in [0.3, 0.4) is 0 Å². The summed E-state index contributed by atoms with van der Waals surface area (Å²) in [7, 11) is 0. The molecule has 2 heterocycles. The summed E-state index contributed by atoms with van der Waals surface area (Å²) in [5.41, 5.74) is 2.21. The maximum absolute atomic E-state index is 12.9. The third-order valence-corrected chi connectivity index (χ3v) is 5.42. The van der Waals surface area contributed by atoms with Crippen LogP contribution >= 0.6 is 0 Å². The van der Waals surface area contributed by atoms with E-state index in [0.717, 1.165) is 57.9 Å². The standard InChI is InChI=1S/C21H32N2O2/c1-21(2,3)19-8-6-18(7-9-19)20(24)23-10-4-5-17(16-23)15-22-11-13-25-14-12-22/h6-9,17H,4-5,10-16H2,1-3H3. The van der Waals surface area contributed by atoms with Crippen LogP contribution in [0.2, 0.25) is 0 Å². The van der Waals surface area contributed by atoms with E-state index in [1.807, 2.05) is 12.1 Å². The zero-order chi connectivity index (χ0) is 17.9. The molecule has 25 heavy (non-hydrogen) atoms. The number of carbonyl (C=O) groups is 1. The van der Waals surface area contributed by atoms with E-state index in [0.29, 0.717) is 5.92 Å². The zero-order valence-corrected chi connectivity index (χ0v) is 16.0. The summed E-state index contributed by atoms with van der Waals surface area (Å²) in [4.78, 5) is 17.4. The van der Waals surface area contributed by atoms with Crippen molar-refractivity contribution in [3.8, 4) is 0 Å². The molecule has 0 N–H and O–H groups in total. The van der Waals surface area contributed by atoms with Gasteiger partial charge in [0, 0.05) is 38.3 Å². The second-order valence-corrected chi connectivity index (χ2v) is 8.50. The van der Waals surface area contributed by atoms with Gasteiger partial charge in [-0.25, -0.2) is 0 Å². The highest BCUT2D eigenvalue weighted by atomic mass is 16.5. The largest absolute Gasteiger partial charge is 0.379 e. The van der Waals surface area contributed by atoms with Crippen molar-refractivity contribution in [1.82, 2.24) is 9.80 Å². The maximum atomic E-state index is 12.9. The fourth-order valence-electron chi connectivity index (χ4n) is 3.84. The quantitative estimate of drug-likeness (QED) is 0.844. The summed E-state index contributed by atoms with van der Waals surface area (Å²) >= 11 is 0. The van der Waals surface area contributed by atoms with Crippen molar-refractivity contribution in [3.05, 3.63) is 35.4 Å². The van der Waals surface area contributed by atoms with Crippen molar-refractivity contribution in [3.63, 3.8) is 0 Å². The Bertz CT molecular complexity index is 571. The zero-order valence-electron chi connectivity index (χ0n) is 16.0. The van der Waals surface area contributed by atoms with Crippen LogP contribution in [0.25, 0.3) is 0 Å². The molecular weight excluding hydrogens is 312 g/mol. The van der Waals surface area contributed by atoms with E-state index in [4.69, 9.17) is 4.74 Å². The molecule has 0 bridgehead atoms. The van der Waals surface area contributed by atoms with Crippen LogP contribution in [0.5, 0.6) is 0 Å². The first-order valence-electron chi connectivity index (χ1n) is 9.63. The molecule has 138 valence electrons. The number of benzene rings is 1. The van der Waals surface area contributed by atoms with Gasteiger partial charge in [0.2, 0.25) is 0 Å². The summed E-state index contributed by atoms with van der Waals surface area (Å²) in [5.74, 6) is 0.775. The molecule has 4 heteroatoms. The highest BCUT2D eigenvalue weighted by Crippen LogP contribution is 2.24. The molecule has 2 fully saturated rings. The number of piperidine rings is 1. The number of nitrogens with zero attached hydrogens (tertiary/aromatic N) is 2. The fraction of sp³-hybridized carbons (Fsp3) is 0.667. The summed E-state index contributed by atoms with van der Waals surface area (Å²) < 4.78 is 5.43. The van der Waals surface area contributed by atoms with Gasteiger partial charge >= 0.3 is 0 Å². The topological polar surface area (TPSA) is 32.8 Å². The minimum atomic E-state index is 0.121. The normalized spacial score (nSPS) is 22.8. The average molecular weight is 344 g/mol. The van der Waals surface area contributed by atoms with Gasteiger partial charge in [0.15, 0.2) is 0 Å². The lowest BCUT2D eigenvalue weighted by molar-refractivity contribution is 0.0224. The Balaban J connectivity index is 1.59. The Morgan fingerprint density at radius 3 is 2.44 bits per heavy atom. The molecule has 1 aromatic rings. The van der Waals surface area contributed by atoms with Gasteiger partial charge in [-0.15, -0.1) is 0 Å². The number of carbonyl (C=O) groups excluding carboxylic acids is 1. The van der Waals surface area contributed by atoms with Crippen LogP contribution in [-0.2, 0) is 10.2 Å². The van der Waals surface area contributed by atoms with Crippen LogP contribution < -0.4 is 0 Å². The van der Waals surface area contributed by atoms with E-state index in [9.17, 15) is 4.79 Å². The Morgan fingerprint density at radius 1 is 1.12 bits per heavy atom. The second kappa shape index (κ2) is 7.88. The SMILES string of the molecule is CC(C)(C)c1ccc(C(=O)N2CCCC(CN3CCOCC3)C2)cc1. The van der Waals surface area contributed by atoms with E-state index in [1.54, 1.807) is 0 Å². The number of amides is 1. The van der Waals surface area contributed by atoms with Crippen molar-refractivity contribution in [2.45, 2.75) is 39.0 Å². The molecule has 0 aliphatic carbocycles. The van der Waals surface area contributed by atoms with Gasteiger partial charge in [0.25, 0.3) is 5.91 Å². The summed E-state index contributed by atoms with van der Waals surface area (Å²) in [6, 6.07) is 8.19. The van der Waals surface area contributed by atoms with Gasteiger partial charge in [-0.3, -0.25) is 9.69 Å². The fourth-order valence-corrected chi connectivity index (χ4v) is 3.84. The van der Waals surface area contributed by atoms with Crippen molar-refractivity contribution in [2.24, 2.45) is 5.92 Å². The first kappa shape index (κ1) is 18.4. The number of likely N-dealkylation sites (tertiary alicyclic amines) is 1. The van der Waals surface area contributed by atoms with Crippen LogP contribution in [0.1, 0.15) is 49.5 Å². The van der Waals surface area contributed by atoms with Gasteiger partial charge in [0.1, 0.15) is 0 Å². The molecule has 1 aromatic carbocycles. The lowest BCUT2D eigenvalue weighted by atomic mass is 9.86. The molecule has 2 aliphatic heterocycles. The predicted molar refractivity (Wildman–Crippen MR) is 101 cm³/mol. The molecule has 2 saturated heterocycles. The van der Waals surface area contributed by atoms with Gasteiger partial charge < -0.3 is 9.64 Å². The van der Waals surface area contributed by atoms with Gasteiger partial charge in [-0.05, 0) is 41.9 Å². The van der Waals surface area contributed by atoms with Crippen molar-refractivity contribution in [2.75, 3.05) is 45.9 Å². The maximum Gasteiger partial charge on any atom is 0.253 e. The number of rotatable bonds is 3. The van der Waals surface area contributed by atoms with Gasteiger partial charge in [-0.2, -0.15) is 0 Å².